The van der Waals surface area contributed by atoms with Crippen LogP contribution >= 0.6 is 0 Å². The summed E-state index contributed by atoms with van der Waals surface area (Å²) >= 11 is 0. The monoisotopic (exact) mass is 425 g/mol. The summed E-state index contributed by atoms with van der Waals surface area (Å²) in [6.45, 7) is 0. The standard InChI is InChI=1S/Ag.Ce.Co.Mn.4O/q+1;+3;2*+2;4*-2. The first kappa shape index (κ1) is 123. The summed E-state index contributed by atoms with van der Waals surface area (Å²) in [4.78, 5) is 0. The Hall–Kier alpha value is 2.98. The third-order valence-electron chi connectivity index (χ3n) is 0. The van der Waals surface area contributed by atoms with Gasteiger partial charge in [-0.3, -0.25) is 0 Å². The van der Waals surface area contributed by atoms with E-state index in [1.54, 1.807) is 0 Å². The van der Waals surface area contributed by atoms with E-state index < -0.39 is 0 Å². The molecule has 0 aromatic heterocycles. The van der Waals surface area contributed by atoms with Gasteiger partial charge in [-0.25, -0.2) is 0 Å². The minimum Gasteiger partial charge on any atom is -2.00 e. The molecule has 4 nitrogen and oxygen atoms in total. The van der Waals surface area contributed by atoms with Gasteiger partial charge in [0.15, 0.2) is 0 Å². The summed E-state index contributed by atoms with van der Waals surface area (Å²) < 4.78 is 0. The first-order valence-corrected chi connectivity index (χ1v) is 0. The molecular formula is AgCeCoMnO4. The molecule has 3 radical (unpaired) electrons. The molecular weight excluding hydrogens is 426 g/mol. The molecule has 0 bridgehead atoms. The minimum atomic E-state index is 0. The van der Waals surface area contributed by atoms with Crippen molar-refractivity contribution in [3.8, 4) is 0 Å². The number of rotatable bonds is 0. The Labute approximate surface area is 118 Å². The molecule has 0 unspecified atom stereocenters. The summed E-state index contributed by atoms with van der Waals surface area (Å²) in [5.41, 5.74) is 0. The molecule has 0 aliphatic carbocycles. The van der Waals surface area contributed by atoms with Crippen LogP contribution in [0.15, 0.2) is 0 Å². The van der Waals surface area contributed by atoms with Gasteiger partial charge < -0.3 is 21.9 Å². The van der Waals surface area contributed by atoms with Crippen LogP contribution in [0.25, 0.3) is 0 Å². The van der Waals surface area contributed by atoms with E-state index in [9.17, 15) is 0 Å². The third kappa shape index (κ3) is 64.3. The van der Waals surface area contributed by atoms with Gasteiger partial charge >= 0.3 is 98.0 Å². The number of hydrogen-bond donors (Lipinski definition) is 0. The van der Waals surface area contributed by atoms with Crippen LogP contribution in [0.1, 0.15) is 0 Å². The largest absolute Gasteiger partial charge is 3.00 e. The molecule has 0 N–H and O–H groups in total. The van der Waals surface area contributed by atoms with Crippen LogP contribution in [0.5, 0.6) is 0 Å². The summed E-state index contributed by atoms with van der Waals surface area (Å²) in [5.74, 6) is 0. The van der Waals surface area contributed by atoms with E-state index in [-0.39, 0.29) is 120 Å². The van der Waals surface area contributed by atoms with Crippen LogP contribution in [0.4, 0.5) is 0 Å². The molecule has 0 rings (SSSR count). The van der Waals surface area contributed by atoms with Gasteiger partial charge in [-0.2, -0.15) is 0 Å². The van der Waals surface area contributed by atoms with Gasteiger partial charge in [0.05, 0.1) is 0 Å². The Kier molecular flexibility index (Phi) is 1390. The van der Waals surface area contributed by atoms with Crippen molar-refractivity contribution in [3.63, 3.8) is 0 Å². The quantitative estimate of drug-likeness (QED) is 0.466. The van der Waals surface area contributed by atoms with Gasteiger partial charge in [0, 0.05) is 0 Å². The number of hydrogen-bond acceptors (Lipinski definition) is 0. The molecule has 8 heavy (non-hydrogen) atoms. The van der Waals surface area contributed by atoms with Crippen molar-refractivity contribution in [2.24, 2.45) is 0 Å². The fourth-order valence-electron chi connectivity index (χ4n) is 0. The van der Waals surface area contributed by atoms with E-state index in [0.717, 1.165) is 0 Å². The molecule has 0 amide bonds. The maximum Gasteiger partial charge on any atom is 3.00 e. The molecule has 0 spiro atoms. The van der Waals surface area contributed by atoms with Gasteiger partial charge in [-0.15, -0.1) is 0 Å². The molecule has 0 aliphatic rings. The molecule has 0 saturated carbocycles. The van der Waals surface area contributed by atoms with Gasteiger partial charge in [-0.1, -0.05) is 0 Å². The second-order valence-electron chi connectivity index (χ2n) is 0. The van der Waals surface area contributed by atoms with E-state index in [1.807, 2.05) is 0 Å². The van der Waals surface area contributed by atoms with E-state index in [4.69, 9.17) is 0 Å². The summed E-state index contributed by atoms with van der Waals surface area (Å²) in [5, 5.41) is 0. The Morgan fingerprint density at radius 1 is 0.625 bits per heavy atom. The smallest absolute Gasteiger partial charge is 2.00 e. The van der Waals surface area contributed by atoms with Crippen molar-refractivity contribution in [2.45, 2.75) is 0 Å². The molecule has 0 aromatic rings. The second kappa shape index (κ2) is 90.5. The zero-order chi connectivity index (χ0) is 0. The average molecular weight is 426 g/mol. The molecule has 0 saturated heterocycles. The van der Waals surface area contributed by atoms with E-state index in [2.05, 4.69) is 0 Å². The van der Waals surface area contributed by atoms with Gasteiger partial charge in [-0.05, 0) is 0 Å². The van der Waals surface area contributed by atoms with Crippen LogP contribution in [0.2, 0.25) is 0 Å². The van der Waals surface area contributed by atoms with Crippen molar-refractivity contribution in [3.05, 3.63) is 0 Å². The van der Waals surface area contributed by atoms with E-state index in [1.165, 1.54) is 0 Å². The van der Waals surface area contributed by atoms with Crippen molar-refractivity contribution >= 4 is 0 Å². The fraction of sp³-hybridized carbons (Fsp3) is 0. The van der Waals surface area contributed by atoms with E-state index in [0.29, 0.717) is 0 Å². The SMILES string of the molecule is [Ag+].[Ce+3].[Co+2].[Mn+2].[O-2].[O-2].[O-2].[O-2]. The van der Waals surface area contributed by atoms with Crippen LogP contribution in [0.3, 0.4) is 0 Å². The summed E-state index contributed by atoms with van der Waals surface area (Å²) in [7, 11) is 0. The predicted molar refractivity (Wildman–Crippen MR) is 2.75 cm³/mol. The van der Waals surface area contributed by atoms with Crippen molar-refractivity contribution < 1.29 is 120 Å². The topological polar surface area (TPSA) is 114 Å². The van der Waals surface area contributed by atoms with Crippen LogP contribution in [-0.4, -0.2) is 0 Å². The second-order valence-corrected chi connectivity index (χ2v) is 0. The Morgan fingerprint density at radius 2 is 0.625 bits per heavy atom. The maximum absolute atomic E-state index is 0. The molecule has 0 aromatic carbocycles. The molecule has 0 fully saturated rings. The molecule has 8 heteroatoms. The normalized spacial score (nSPS) is 0. The van der Waals surface area contributed by atoms with Crippen LogP contribution < -0.4 is 0 Å². The van der Waals surface area contributed by atoms with E-state index >= 15 is 0 Å². The van der Waals surface area contributed by atoms with Crippen molar-refractivity contribution in [1.82, 2.24) is 0 Å². The summed E-state index contributed by atoms with van der Waals surface area (Å²) in [6, 6.07) is 0. The average Bonchev–Trinajstić information content (AvgIpc) is 0. The zero-order valence-corrected chi connectivity index (χ0v) is 9.99. The Morgan fingerprint density at radius 3 is 0.625 bits per heavy atom. The molecule has 0 heterocycles. The van der Waals surface area contributed by atoms with Crippen LogP contribution in [0, 0.1) is 41.7 Å². The van der Waals surface area contributed by atoms with Crippen LogP contribution in [-0.2, 0) is 78.1 Å². The third-order valence-corrected chi connectivity index (χ3v) is 0. The first-order chi connectivity index (χ1) is 0. The zero-order valence-electron chi connectivity index (χ0n) is 3.15. The first-order valence-electron chi connectivity index (χ1n) is 0. The van der Waals surface area contributed by atoms with Crippen molar-refractivity contribution in [2.75, 3.05) is 0 Å². The van der Waals surface area contributed by atoms with Gasteiger partial charge in [0.1, 0.15) is 0 Å². The molecule has 0 aliphatic heterocycles. The Bertz CT molecular complexity index is 16.0. The van der Waals surface area contributed by atoms with Crippen molar-refractivity contribution in [1.29, 1.82) is 0 Å². The fourth-order valence-corrected chi connectivity index (χ4v) is 0. The Balaban J connectivity index is 0. The summed E-state index contributed by atoms with van der Waals surface area (Å²) in [6.07, 6.45) is 0. The minimum absolute atomic E-state index is 0. The van der Waals surface area contributed by atoms with Gasteiger partial charge in [0.25, 0.3) is 0 Å². The molecule has 55 valence electrons. The van der Waals surface area contributed by atoms with Gasteiger partial charge in [0.2, 0.25) is 0 Å². The molecule has 0 atom stereocenters. The predicted octanol–water partition coefficient (Wildman–Crippen LogP) is -0.483. The maximum atomic E-state index is 0.